The van der Waals surface area contributed by atoms with Crippen molar-refractivity contribution in [2.75, 3.05) is 30.4 Å². The van der Waals surface area contributed by atoms with Crippen LogP contribution in [0.1, 0.15) is 79.4 Å². The SMILES string of the molecule is CC(=O)c1sc2cc1-c1ccc(NC(=O)OCCO)cc1NC(=O)[C@H](C)CCC[C@@H]2NC(=O)C1CCC(CN)CC1. The van der Waals surface area contributed by atoms with E-state index in [2.05, 4.69) is 16.0 Å². The quantitative estimate of drug-likeness (QED) is 0.291. The molecule has 6 N–H and O–H groups in total. The summed E-state index contributed by atoms with van der Waals surface area (Å²) in [5.74, 6) is -0.122. The Morgan fingerprint density at radius 3 is 2.54 bits per heavy atom. The molecule has 3 amide bonds. The molecule has 2 heterocycles. The number of aliphatic hydroxyl groups excluding tert-OH is 1. The first-order valence-electron chi connectivity index (χ1n) is 14.3. The lowest BCUT2D eigenvalue weighted by Crippen LogP contribution is -2.36. The fourth-order valence-electron chi connectivity index (χ4n) is 5.55. The van der Waals surface area contributed by atoms with Gasteiger partial charge < -0.3 is 26.2 Å². The molecule has 41 heavy (non-hydrogen) atoms. The van der Waals surface area contributed by atoms with Crippen molar-refractivity contribution in [2.24, 2.45) is 23.5 Å². The van der Waals surface area contributed by atoms with Crippen molar-refractivity contribution >= 4 is 46.4 Å². The van der Waals surface area contributed by atoms with Gasteiger partial charge in [-0.2, -0.15) is 0 Å². The Balaban J connectivity index is 1.68. The number of nitrogens with two attached hydrogens (primary N) is 1. The van der Waals surface area contributed by atoms with Crippen LogP contribution in [0.4, 0.5) is 16.2 Å². The van der Waals surface area contributed by atoms with E-state index in [0.29, 0.717) is 59.1 Å². The van der Waals surface area contributed by atoms with Gasteiger partial charge in [0.2, 0.25) is 11.8 Å². The molecule has 2 bridgehead atoms. The largest absolute Gasteiger partial charge is 0.447 e. The first-order chi connectivity index (χ1) is 19.7. The van der Waals surface area contributed by atoms with E-state index < -0.39 is 6.09 Å². The van der Waals surface area contributed by atoms with E-state index in [9.17, 15) is 19.2 Å². The van der Waals surface area contributed by atoms with Crippen LogP contribution in [0, 0.1) is 17.8 Å². The Morgan fingerprint density at radius 2 is 1.85 bits per heavy atom. The van der Waals surface area contributed by atoms with Crippen molar-refractivity contribution in [3.05, 3.63) is 34.0 Å². The molecule has 222 valence electrons. The van der Waals surface area contributed by atoms with Crippen LogP contribution in [0.2, 0.25) is 0 Å². The Labute approximate surface area is 244 Å². The number of thiophene rings is 1. The lowest BCUT2D eigenvalue weighted by Gasteiger charge is -2.28. The third kappa shape index (κ3) is 7.72. The van der Waals surface area contributed by atoms with Crippen LogP contribution < -0.4 is 21.7 Å². The zero-order chi connectivity index (χ0) is 29.5. The third-order valence-corrected chi connectivity index (χ3v) is 9.35. The lowest BCUT2D eigenvalue weighted by atomic mass is 9.81. The number of hydrogen-bond donors (Lipinski definition) is 5. The number of anilines is 2. The number of ether oxygens (including phenoxy) is 1. The van der Waals surface area contributed by atoms with Gasteiger partial charge in [-0.05, 0) is 76.1 Å². The van der Waals surface area contributed by atoms with E-state index in [4.69, 9.17) is 15.6 Å². The van der Waals surface area contributed by atoms with Crippen molar-refractivity contribution in [1.82, 2.24) is 5.32 Å². The van der Waals surface area contributed by atoms with E-state index in [1.54, 1.807) is 18.2 Å². The smallest absolute Gasteiger partial charge is 0.411 e. The summed E-state index contributed by atoms with van der Waals surface area (Å²) in [5, 5.41) is 17.8. The number of carbonyl (C=O) groups is 4. The summed E-state index contributed by atoms with van der Waals surface area (Å²) in [7, 11) is 0. The minimum absolute atomic E-state index is 0.0342. The Bertz CT molecular complexity index is 1270. The van der Waals surface area contributed by atoms with Gasteiger partial charge in [-0.25, -0.2) is 4.79 Å². The number of benzene rings is 1. The first-order valence-corrected chi connectivity index (χ1v) is 15.2. The molecule has 0 saturated heterocycles. The molecule has 2 aromatic rings. The highest BCUT2D eigenvalue weighted by molar-refractivity contribution is 7.14. The van der Waals surface area contributed by atoms with Crippen LogP contribution in [0.15, 0.2) is 24.3 Å². The minimum Gasteiger partial charge on any atom is -0.447 e. The summed E-state index contributed by atoms with van der Waals surface area (Å²) < 4.78 is 4.89. The monoisotopic (exact) mass is 584 g/mol. The van der Waals surface area contributed by atoms with Crippen LogP contribution in [0.3, 0.4) is 0 Å². The number of ketones is 1. The molecule has 4 rings (SSSR count). The van der Waals surface area contributed by atoms with Gasteiger partial charge >= 0.3 is 6.09 Å². The molecule has 1 aliphatic carbocycles. The van der Waals surface area contributed by atoms with Crippen molar-refractivity contribution in [2.45, 2.75) is 64.8 Å². The molecule has 0 radical (unpaired) electrons. The number of Topliss-reactive ketones (excluding diaryl/α,β-unsaturated/α-hetero) is 1. The van der Waals surface area contributed by atoms with E-state index in [-0.39, 0.29) is 48.7 Å². The van der Waals surface area contributed by atoms with E-state index in [1.807, 2.05) is 13.0 Å². The summed E-state index contributed by atoms with van der Waals surface area (Å²) in [4.78, 5) is 52.8. The fourth-order valence-corrected chi connectivity index (χ4v) is 6.70. The zero-order valence-corrected chi connectivity index (χ0v) is 24.5. The highest BCUT2D eigenvalue weighted by Crippen LogP contribution is 2.41. The van der Waals surface area contributed by atoms with Crippen molar-refractivity contribution in [1.29, 1.82) is 0 Å². The van der Waals surface area contributed by atoms with Crippen molar-refractivity contribution in [3.63, 3.8) is 0 Å². The molecule has 1 saturated carbocycles. The number of aliphatic hydroxyl groups is 1. The first kappa shape index (κ1) is 30.7. The number of amides is 3. The van der Waals surface area contributed by atoms with Gasteiger partial charge in [0, 0.05) is 33.5 Å². The summed E-state index contributed by atoms with van der Waals surface area (Å²) in [5.41, 5.74) is 7.98. The molecule has 1 fully saturated rings. The Morgan fingerprint density at radius 1 is 1.10 bits per heavy atom. The van der Waals surface area contributed by atoms with E-state index >= 15 is 0 Å². The van der Waals surface area contributed by atoms with Crippen LogP contribution in [-0.4, -0.2) is 48.6 Å². The molecule has 1 aromatic heterocycles. The number of hydrogen-bond acceptors (Lipinski definition) is 8. The predicted octanol–water partition coefficient (Wildman–Crippen LogP) is 4.84. The predicted molar refractivity (Wildman–Crippen MR) is 159 cm³/mol. The van der Waals surface area contributed by atoms with Crippen molar-refractivity contribution in [3.8, 4) is 11.1 Å². The number of nitrogens with one attached hydrogen (secondary N) is 3. The molecular weight excluding hydrogens is 544 g/mol. The topological polar surface area (TPSA) is 160 Å². The molecular formula is C30H40N4O6S. The van der Waals surface area contributed by atoms with E-state index in [0.717, 1.165) is 30.6 Å². The lowest BCUT2D eigenvalue weighted by molar-refractivity contribution is -0.127. The van der Waals surface area contributed by atoms with Crippen LogP contribution >= 0.6 is 11.3 Å². The van der Waals surface area contributed by atoms with E-state index in [1.165, 1.54) is 18.3 Å². The van der Waals surface area contributed by atoms with Gasteiger partial charge in [-0.1, -0.05) is 19.4 Å². The Kier molecular flexibility index (Phi) is 10.5. The van der Waals surface area contributed by atoms with Gasteiger partial charge in [-0.15, -0.1) is 11.3 Å². The second-order valence-electron chi connectivity index (χ2n) is 11.0. The third-order valence-electron chi connectivity index (χ3n) is 8.00. The Hall–Kier alpha value is -3.28. The molecule has 11 heteroatoms. The number of carbonyl (C=O) groups excluding carboxylic acids is 4. The maximum absolute atomic E-state index is 13.4. The molecule has 1 aliphatic heterocycles. The van der Waals surface area contributed by atoms with Gasteiger partial charge in [0.05, 0.1) is 23.2 Å². The maximum Gasteiger partial charge on any atom is 0.411 e. The number of fused-ring (bicyclic) bond motifs is 4. The highest BCUT2D eigenvalue weighted by atomic mass is 32.1. The molecule has 2 aliphatic rings. The molecule has 10 nitrogen and oxygen atoms in total. The zero-order valence-electron chi connectivity index (χ0n) is 23.7. The van der Waals surface area contributed by atoms with Crippen molar-refractivity contribution < 1.29 is 29.0 Å². The number of rotatable bonds is 7. The standard InChI is InChI=1S/C30H40N4O6S/c1-17-4-3-5-24(33-29(38)20-8-6-19(16-31)7-9-20)26-15-23(27(41-26)18(2)36)22-11-10-21(14-25(22)34-28(17)37)32-30(39)40-13-12-35/h10-11,14-15,17,19-20,24,35H,3-9,12-13,16,31H2,1-2H3,(H,32,39)(H,33,38)(H,34,37)/t17-,19?,20?,24+/m1/s1. The van der Waals surface area contributed by atoms with Gasteiger partial charge in [-0.3, -0.25) is 19.7 Å². The highest BCUT2D eigenvalue weighted by Gasteiger charge is 2.30. The second-order valence-corrected chi connectivity index (χ2v) is 12.1. The minimum atomic E-state index is -0.732. The summed E-state index contributed by atoms with van der Waals surface area (Å²) in [6, 6.07) is 6.71. The summed E-state index contributed by atoms with van der Waals surface area (Å²) in [6.45, 7) is 3.59. The average molecular weight is 585 g/mol. The molecule has 1 aromatic carbocycles. The van der Waals surface area contributed by atoms with Crippen LogP contribution in [0.5, 0.6) is 0 Å². The normalized spacial score (nSPS) is 22.8. The van der Waals surface area contributed by atoms with Crippen LogP contribution in [0.25, 0.3) is 11.1 Å². The van der Waals surface area contributed by atoms with Crippen LogP contribution in [-0.2, 0) is 14.3 Å². The van der Waals surface area contributed by atoms with Gasteiger partial charge in [0.1, 0.15) is 6.61 Å². The molecule has 0 unspecified atom stereocenters. The second kappa shape index (κ2) is 14.1. The van der Waals surface area contributed by atoms with Gasteiger partial charge in [0.15, 0.2) is 5.78 Å². The molecule has 2 atom stereocenters. The fraction of sp³-hybridized carbons (Fsp3) is 0.533. The summed E-state index contributed by atoms with van der Waals surface area (Å²) in [6.07, 6.45) is 4.82. The average Bonchev–Trinajstić information content (AvgIpc) is 3.41. The van der Waals surface area contributed by atoms with Gasteiger partial charge in [0.25, 0.3) is 0 Å². The molecule has 0 spiro atoms. The summed E-state index contributed by atoms with van der Waals surface area (Å²) >= 11 is 1.37. The maximum atomic E-state index is 13.4.